The van der Waals surface area contributed by atoms with E-state index in [1.165, 1.54) is 0 Å². The number of carbonyl (C=O) groups is 2. The number of carbonyl (C=O) groups excluding carboxylic acids is 2. The molecule has 0 radical (unpaired) electrons. The normalized spacial score (nSPS) is 25.1. The summed E-state index contributed by atoms with van der Waals surface area (Å²) < 4.78 is 5.49. The van der Waals surface area contributed by atoms with Crippen molar-refractivity contribution in [3.63, 3.8) is 0 Å². The number of nitrogens with one attached hydrogen (secondary N) is 1. The van der Waals surface area contributed by atoms with Gasteiger partial charge in [0, 0.05) is 19.1 Å². The van der Waals surface area contributed by atoms with Crippen molar-refractivity contribution >= 4 is 23.6 Å². The van der Waals surface area contributed by atoms with Gasteiger partial charge in [-0.05, 0) is 55.2 Å². The molecule has 1 aromatic carbocycles. The topological polar surface area (TPSA) is 84.7 Å². The zero-order valence-corrected chi connectivity index (χ0v) is 16.6. The number of rotatable bonds is 8. The maximum absolute atomic E-state index is 13.0. The van der Waals surface area contributed by atoms with E-state index in [0.29, 0.717) is 24.0 Å². The standard InChI is InChI=1S/C20H29N3O3S/c1-27-10-9-18(22-19(24)13-26-15-5-3-2-4-6-15)20(25)23-11-14-7-8-17(21)16(14)12-23/h2-6,14,16-18H,7-13,21H2,1H3,(H,22,24). The van der Waals surface area contributed by atoms with E-state index in [2.05, 4.69) is 5.32 Å². The Morgan fingerprint density at radius 2 is 2.07 bits per heavy atom. The minimum atomic E-state index is -0.501. The lowest BCUT2D eigenvalue weighted by Gasteiger charge is -2.25. The molecule has 1 aromatic rings. The fourth-order valence-electron chi connectivity index (χ4n) is 4.10. The first-order valence-corrected chi connectivity index (χ1v) is 11.0. The molecular weight excluding hydrogens is 362 g/mol. The molecule has 3 N–H and O–H groups in total. The van der Waals surface area contributed by atoms with Gasteiger partial charge in [0.25, 0.3) is 5.91 Å². The Kier molecular flexibility index (Phi) is 7.01. The lowest BCUT2D eigenvalue weighted by molar-refractivity contribution is -0.136. The van der Waals surface area contributed by atoms with Crippen molar-refractivity contribution in [2.45, 2.75) is 31.3 Å². The smallest absolute Gasteiger partial charge is 0.258 e. The SMILES string of the molecule is CSCCC(NC(=O)COc1ccccc1)C(=O)N1CC2CCC(N)C2C1. The fourth-order valence-corrected chi connectivity index (χ4v) is 4.57. The number of nitrogens with zero attached hydrogens (tertiary/aromatic N) is 1. The molecule has 6 nitrogen and oxygen atoms in total. The average molecular weight is 392 g/mol. The highest BCUT2D eigenvalue weighted by Crippen LogP contribution is 2.37. The van der Waals surface area contributed by atoms with E-state index in [1.807, 2.05) is 29.4 Å². The Morgan fingerprint density at radius 1 is 1.30 bits per heavy atom. The molecule has 7 heteroatoms. The Labute approximate surface area is 165 Å². The van der Waals surface area contributed by atoms with Crippen LogP contribution in [0.1, 0.15) is 19.3 Å². The Morgan fingerprint density at radius 3 is 2.78 bits per heavy atom. The number of para-hydroxylation sites is 1. The number of benzene rings is 1. The van der Waals surface area contributed by atoms with E-state index in [1.54, 1.807) is 23.9 Å². The highest BCUT2D eigenvalue weighted by Gasteiger charge is 2.43. The number of hydrogen-bond acceptors (Lipinski definition) is 5. The second-order valence-corrected chi connectivity index (χ2v) is 8.40. The third kappa shape index (κ3) is 5.17. The van der Waals surface area contributed by atoms with E-state index in [-0.39, 0.29) is 24.5 Å². The number of fused-ring (bicyclic) bond motifs is 1. The van der Waals surface area contributed by atoms with Crippen molar-refractivity contribution in [3.8, 4) is 5.75 Å². The summed E-state index contributed by atoms with van der Waals surface area (Å²) in [6, 6.07) is 8.90. The highest BCUT2D eigenvalue weighted by molar-refractivity contribution is 7.98. The van der Waals surface area contributed by atoms with E-state index in [0.717, 1.165) is 31.7 Å². The predicted molar refractivity (Wildman–Crippen MR) is 108 cm³/mol. The summed E-state index contributed by atoms with van der Waals surface area (Å²) in [5.74, 6) is 2.12. The van der Waals surface area contributed by atoms with Crippen LogP contribution in [0.5, 0.6) is 5.75 Å². The molecule has 1 heterocycles. The molecule has 0 aromatic heterocycles. The van der Waals surface area contributed by atoms with Crippen LogP contribution in [-0.4, -0.2) is 60.5 Å². The summed E-state index contributed by atoms with van der Waals surface area (Å²) in [6.07, 6.45) is 4.78. The van der Waals surface area contributed by atoms with Crippen LogP contribution in [0.2, 0.25) is 0 Å². The van der Waals surface area contributed by atoms with Gasteiger partial charge in [0.05, 0.1) is 0 Å². The molecule has 0 bridgehead atoms. The molecule has 1 aliphatic carbocycles. The average Bonchev–Trinajstić information content (AvgIpc) is 3.26. The first-order chi connectivity index (χ1) is 13.1. The van der Waals surface area contributed by atoms with Gasteiger partial charge in [0.2, 0.25) is 5.91 Å². The molecule has 2 amide bonds. The largest absolute Gasteiger partial charge is 0.484 e. The van der Waals surface area contributed by atoms with Crippen LogP contribution in [0.25, 0.3) is 0 Å². The van der Waals surface area contributed by atoms with Crippen LogP contribution in [0.4, 0.5) is 0 Å². The van der Waals surface area contributed by atoms with Gasteiger partial charge in [-0.3, -0.25) is 9.59 Å². The van der Waals surface area contributed by atoms with Gasteiger partial charge in [0.15, 0.2) is 6.61 Å². The lowest BCUT2D eigenvalue weighted by Crippen LogP contribution is -2.49. The van der Waals surface area contributed by atoms with Crippen LogP contribution in [0.15, 0.2) is 30.3 Å². The molecule has 1 aliphatic heterocycles. The van der Waals surface area contributed by atoms with E-state index in [9.17, 15) is 9.59 Å². The summed E-state index contributed by atoms with van der Waals surface area (Å²) >= 11 is 1.67. The monoisotopic (exact) mass is 391 g/mol. The summed E-state index contributed by atoms with van der Waals surface area (Å²) in [4.78, 5) is 27.2. The summed E-state index contributed by atoms with van der Waals surface area (Å²) in [5, 5.41) is 2.88. The number of amides is 2. The molecular formula is C20H29N3O3S. The zero-order chi connectivity index (χ0) is 19.2. The summed E-state index contributed by atoms with van der Waals surface area (Å²) in [6.45, 7) is 1.39. The molecule has 3 rings (SSSR count). The first-order valence-electron chi connectivity index (χ1n) is 9.59. The second kappa shape index (κ2) is 9.46. The van der Waals surface area contributed by atoms with Crippen LogP contribution < -0.4 is 15.8 Å². The minimum absolute atomic E-state index is 0.0127. The van der Waals surface area contributed by atoms with Gasteiger partial charge < -0.3 is 20.7 Å². The molecule has 4 unspecified atom stereocenters. The number of likely N-dealkylation sites (tertiary alicyclic amines) is 1. The predicted octanol–water partition coefficient (Wildman–Crippen LogP) is 1.50. The van der Waals surface area contributed by atoms with Crippen molar-refractivity contribution < 1.29 is 14.3 Å². The maximum Gasteiger partial charge on any atom is 0.258 e. The Hall–Kier alpha value is -1.73. The molecule has 27 heavy (non-hydrogen) atoms. The maximum atomic E-state index is 13.0. The minimum Gasteiger partial charge on any atom is -0.484 e. The third-order valence-corrected chi connectivity index (χ3v) is 6.23. The molecule has 148 valence electrons. The number of ether oxygens (including phenoxy) is 1. The number of hydrogen-bond donors (Lipinski definition) is 2. The molecule has 2 aliphatic rings. The molecule has 1 saturated carbocycles. The molecule has 2 fully saturated rings. The Balaban J connectivity index is 1.54. The Bertz CT molecular complexity index is 643. The van der Waals surface area contributed by atoms with E-state index >= 15 is 0 Å². The van der Waals surface area contributed by atoms with Gasteiger partial charge in [0.1, 0.15) is 11.8 Å². The van der Waals surface area contributed by atoms with Gasteiger partial charge in [-0.15, -0.1) is 0 Å². The zero-order valence-electron chi connectivity index (χ0n) is 15.8. The van der Waals surface area contributed by atoms with Crippen molar-refractivity contribution in [2.75, 3.05) is 31.7 Å². The second-order valence-electron chi connectivity index (χ2n) is 7.41. The lowest BCUT2D eigenvalue weighted by atomic mass is 9.98. The van der Waals surface area contributed by atoms with Crippen LogP contribution in [-0.2, 0) is 9.59 Å². The number of nitrogens with two attached hydrogens (primary N) is 1. The van der Waals surface area contributed by atoms with Crippen LogP contribution in [0, 0.1) is 11.8 Å². The summed E-state index contributed by atoms with van der Waals surface area (Å²) in [7, 11) is 0. The van der Waals surface area contributed by atoms with Crippen molar-refractivity contribution in [1.82, 2.24) is 10.2 Å². The fraction of sp³-hybridized carbons (Fsp3) is 0.600. The van der Waals surface area contributed by atoms with Crippen molar-refractivity contribution in [2.24, 2.45) is 17.6 Å². The van der Waals surface area contributed by atoms with E-state index < -0.39 is 6.04 Å². The third-order valence-electron chi connectivity index (χ3n) is 5.58. The summed E-state index contributed by atoms with van der Waals surface area (Å²) in [5.41, 5.74) is 6.19. The molecule has 1 saturated heterocycles. The van der Waals surface area contributed by atoms with Crippen LogP contribution >= 0.6 is 11.8 Å². The van der Waals surface area contributed by atoms with Gasteiger partial charge in [-0.1, -0.05) is 18.2 Å². The van der Waals surface area contributed by atoms with Gasteiger partial charge >= 0.3 is 0 Å². The molecule has 4 atom stereocenters. The van der Waals surface area contributed by atoms with Crippen molar-refractivity contribution in [3.05, 3.63) is 30.3 Å². The highest BCUT2D eigenvalue weighted by atomic mass is 32.2. The first kappa shape index (κ1) is 20.0. The molecule has 0 spiro atoms. The van der Waals surface area contributed by atoms with Gasteiger partial charge in [-0.2, -0.15) is 11.8 Å². The quantitative estimate of drug-likeness (QED) is 0.702. The number of thioether (sulfide) groups is 1. The van der Waals surface area contributed by atoms with E-state index in [4.69, 9.17) is 10.5 Å². The van der Waals surface area contributed by atoms with Gasteiger partial charge in [-0.25, -0.2) is 0 Å². The van der Waals surface area contributed by atoms with Crippen molar-refractivity contribution in [1.29, 1.82) is 0 Å². The van der Waals surface area contributed by atoms with Crippen LogP contribution in [0.3, 0.4) is 0 Å².